The number of para-hydroxylation sites is 1. The SMILES string of the molecule is C=CC[C@H](C(=O)OC)[C@@H](CC(C)C)C(=O)NC1N=C(c2ccccc2)c2ccccc2N(C)C1=O.CC. The molecule has 0 fully saturated rings. The number of esters is 1. The molecule has 1 aliphatic heterocycles. The van der Waals surface area contributed by atoms with E-state index in [2.05, 4.69) is 11.9 Å². The van der Waals surface area contributed by atoms with E-state index in [0.29, 0.717) is 24.2 Å². The van der Waals surface area contributed by atoms with E-state index in [0.717, 1.165) is 11.1 Å². The zero-order valence-corrected chi connectivity index (χ0v) is 22.7. The molecule has 0 aliphatic carbocycles. The van der Waals surface area contributed by atoms with Crippen LogP contribution in [0, 0.1) is 17.8 Å². The van der Waals surface area contributed by atoms with Gasteiger partial charge < -0.3 is 15.0 Å². The van der Waals surface area contributed by atoms with Crippen molar-refractivity contribution >= 4 is 29.2 Å². The van der Waals surface area contributed by atoms with E-state index >= 15 is 0 Å². The number of carbonyl (C=O) groups excluding carboxylic acids is 3. The lowest BCUT2D eigenvalue weighted by Gasteiger charge is -2.27. The molecule has 0 saturated heterocycles. The number of amides is 2. The monoisotopic (exact) mass is 505 g/mol. The van der Waals surface area contributed by atoms with Crippen molar-refractivity contribution in [2.24, 2.45) is 22.7 Å². The highest BCUT2D eigenvalue weighted by Gasteiger charge is 2.37. The smallest absolute Gasteiger partial charge is 0.309 e. The van der Waals surface area contributed by atoms with E-state index in [1.54, 1.807) is 13.1 Å². The van der Waals surface area contributed by atoms with E-state index in [9.17, 15) is 14.4 Å². The Bertz CT molecular complexity index is 1110. The summed E-state index contributed by atoms with van der Waals surface area (Å²) in [5.41, 5.74) is 2.94. The molecule has 2 aromatic rings. The second-order valence-corrected chi connectivity index (χ2v) is 9.06. The van der Waals surface area contributed by atoms with Crippen LogP contribution in [-0.4, -0.2) is 43.8 Å². The summed E-state index contributed by atoms with van der Waals surface area (Å²) in [7, 11) is 2.98. The minimum atomic E-state index is -1.15. The first-order chi connectivity index (χ1) is 17.8. The average molecular weight is 506 g/mol. The van der Waals surface area contributed by atoms with Crippen LogP contribution in [-0.2, 0) is 19.1 Å². The molecule has 0 saturated carbocycles. The Morgan fingerprint density at radius 2 is 1.70 bits per heavy atom. The molecule has 0 bridgehead atoms. The molecular weight excluding hydrogens is 466 g/mol. The van der Waals surface area contributed by atoms with Gasteiger partial charge in [0.25, 0.3) is 5.91 Å². The van der Waals surface area contributed by atoms with Gasteiger partial charge in [0.1, 0.15) is 0 Å². The topological polar surface area (TPSA) is 88.1 Å². The first-order valence-electron chi connectivity index (χ1n) is 12.8. The zero-order valence-electron chi connectivity index (χ0n) is 22.7. The Labute approximate surface area is 220 Å². The summed E-state index contributed by atoms with van der Waals surface area (Å²) in [5.74, 6) is -2.50. The predicted molar refractivity (Wildman–Crippen MR) is 148 cm³/mol. The fraction of sp³-hybridized carbons (Fsp3) is 0.400. The fourth-order valence-corrected chi connectivity index (χ4v) is 4.40. The number of nitrogens with one attached hydrogen (secondary N) is 1. The van der Waals surface area contributed by atoms with Gasteiger partial charge in [0.2, 0.25) is 12.1 Å². The van der Waals surface area contributed by atoms with Gasteiger partial charge in [0.15, 0.2) is 0 Å². The van der Waals surface area contributed by atoms with E-state index in [-0.39, 0.29) is 11.8 Å². The van der Waals surface area contributed by atoms with Crippen molar-refractivity contribution in [3.05, 3.63) is 78.4 Å². The minimum absolute atomic E-state index is 0.142. The lowest BCUT2D eigenvalue weighted by molar-refractivity contribution is -0.151. The molecular formula is C30H39N3O4. The maximum atomic E-state index is 13.6. The Morgan fingerprint density at radius 3 is 2.30 bits per heavy atom. The second-order valence-electron chi connectivity index (χ2n) is 9.06. The maximum Gasteiger partial charge on any atom is 0.309 e. The van der Waals surface area contributed by atoms with Crippen LogP contribution in [0.15, 0.2) is 72.2 Å². The number of carbonyl (C=O) groups is 3. The highest BCUT2D eigenvalue weighted by molar-refractivity contribution is 6.20. The summed E-state index contributed by atoms with van der Waals surface area (Å²) >= 11 is 0. The number of methoxy groups -OCH3 is 1. The molecule has 198 valence electrons. The molecule has 0 radical (unpaired) electrons. The quantitative estimate of drug-likeness (QED) is 0.384. The summed E-state index contributed by atoms with van der Waals surface area (Å²) in [4.78, 5) is 45.8. The molecule has 3 atom stereocenters. The van der Waals surface area contributed by atoms with Gasteiger partial charge in [-0.15, -0.1) is 6.58 Å². The number of rotatable bonds is 9. The van der Waals surface area contributed by atoms with Gasteiger partial charge in [-0.05, 0) is 24.8 Å². The lowest BCUT2D eigenvalue weighted by Crippen LogP contribution is -2.49. The molecule has 7 nitrogen and oxygen atoms in total. The van der Waals surface area contributed by atoms with Gasteiger partial charge in [-0.2, -0.15) is 0 Å². The Balaban J connectivity index is 0.00000235. The van der Waals surface area contributed by atoms with Crippen LogP contribution in [0.25, 0.3) is 0 Å². The number of nitrogens with zero attached hydrogens (tertiary/aromatic N) is 2. The van der Waals surface area contributed by atoms with Crippen LogP contribution in [0.5, 0.6) is 0 Å². The number of benzene rings is 2. The van der Waals surface area contributed by atoms with Crippen LogP contribution in [0.3, 0.4) is 0 Å². The Kier molecular flexibility index (Phi) is 11.2. The van der Waals surface area contributed by atoms with Crippen LogP contribution in [0.4, 0.5) is 5.69 Å². The first kappa shape index (κ1) is 29.5. The third-order valence-corrected chi connectivity index (χ3v) is 6.14. The molecule has 7 heteroatoms. The fourth-order valence-electron chi connectivity index (χ4n) is 4.40. The highest BCUT2D eigenvalue weighted by Crippen LogP contribution is 2.29. The van der Waals surface area contributed by atoms with Gasteiger partial charge in [-0.25, -0.2) is 4.99 Å². The summed E-state index contributed by atoms with van der Waals surface area (Å²) in [6.45, 7) is 11.7. The largest absolute Gasteiger partial charge is 0.469 e. The van der Waals surface area contributed by atoms with Gasteiger partial charge in [-0.3, -0.25) is 14.4 Å². The third kappa shape index (κ3) is 7.15. The molecule has 1 unspecified atom stereocenters. The van der Waals surface area contributed by atoms with E-state index < -0.39 is 29.9 Å². The van der Waals surface area contributed by atoms with Gasteiger partial charge in [0, 0.05) is 18.2 Å². The Morgan fingerprint density at radius 1 is 1.08 bits per heavy atom. The molecule has 1 aliphatic rings. The van der Waals surface area contributed by atoms with Crippen molar-refractivity contribution in [1.82, 2.24) is 5.32 Å². The van der Waals surface area contributed by atoms with Gasteiger partial charge in [0.05, 0.1) is 30.3 Å². The maximum absolute atomic E-state index is 13.6. The number of allylic oxidation sites excluding steroid dienone is 1. The number of benzodiazepines with no additional fused rings is 1. The van der Waals surface area contributed by atoms with Crippen LogP contribution in [0.2, 0.25) is 0 Å². The normalized spacial score (nSPS) is 16.3. The van der Waals surface area contributed by atoms with Crippen molar-refractivity contribution in [3.8, 4) is 0 Å². The molecule has 37 heavy (non-hydrogen) atoms. The van der Waals surface area contributed by atoms with Crippen LogP contribution in [0.1, 0.15) is 51.7 Å². The number of hydrogen-bond acceptors (Lipinski definition) is 5. The molecule has 0 aromatic heterocycles. The van der Waals surface area contributed by atoms with E-state index in [4.69, 9.17) is 9.73 Å². The number of hydrogen-bond donors (Lipinski definition) is 1. The number of aliphatic imine (C=N–C) groups is 1. The zero-order chi connectivity index (χ0) is 27.5. The summed E-state index contributed by atoms with van der Waals surface area (Å²) in [5, 5.41) is 2.84. The average Bonchev–Trinajstić information content (AvgIpc) is 3.02. The van der Waals surface area contributed by atoms with Gasteiger partial charge in [-0.1, -0.05) is 82.3 Å². The van der Waals surface area contributed by atoms with Crippen molar-refractivity contribution in [3.63, 3.8) is 0 Å². The van der Waals surface area contributed by atoms with Crippen molar-refractivity contribution in [2.45, 2.75) is 46.7 Å². The molecule has 1 heterocycles. The summed E-state index contributed by atoms with van der Waals surface area (Å²) < 4.78 is 4.97. The van der Waals surface area contributed by atoms with Crippen LogP contribution < -0.4 is 10.2 Å². The molecule has 2 aromatic carbocycles. The minimum Gasteiger partial charge on any atom is -0.469 e. The molecule has 2 amide bonds. The highest BCUT2D eigenvalue weighted by atomic mass is 16.5. The number of anilines is 1. The molecule has 1 N–H and O–H groups in total. The number of fused-ring (bicyclic) bond motifs is 1. The molecule has 0 spiro atoms. The Hall–Kier alpha value is -3.74. The van der Waals surface area contributed by atoms with Crippen molar-refractivity contribution in [1.29, 1.82) is 0 Å². The standard InChI is InChI=1S/C28H33N3O4.C2H6/c1-6-12-20(28(34)35-5)22(17-18(2)3)26(32)30-25-27(33)31(4)23-16-11-10-15-21(23)24(29-25)19-13-8-7-9-14-19;1-2/h6-11,13-16,18,20,22,25H,1,12,17H2,2-5H3,(H,30,32);1-2H3/t20-,22+,25?;/m0./s1. The molecule has 3 rings (SSSR count). The lowest BCUT2D eigenvalue weighted by atomic mass is 9.82. The van der Waals surface area contributed by atoms with Crippen LogP contribution >= 0.6 is 0 Å². The number of ether oxygens (including phenoxy) is 1. The van der Waals surface area contributed by atoms with E-state index in [1.165, 1.54) is 12.0 Å². The second kappa shape index (κ2) is 14.1. The summed E-state index contributed by atoms with van der Waals surface area (Å²) in [6, 6.07) is 17.1. The van der Waals surface area contributed by atoms with Gasteiger partial charge >= 0.3 is 5.97 Å². The van der Waals surface area contributed by atoms with E-state index in [1.807, 2.05) is 82.3 Å². The number of likely N-dealkylation sites (N-methyl/N-ethyl adjacent to an activating group) is 1. The van der Waals surface area contributed by atoms with Crippen molar-refractivity contribution < 1.29 is 19.1 Å². The first-order valence-corrected chi connectivity index (χ1v) is 12.8. The predicted octanol–water partition coefficient (Wildman–Crippen LogP) is 5.00. The summed E-state index contributed by atoms with van der Waals surface area (Å²) in [6.07, 6.45) is 1.20. The van der Waals surface area contributed by atoms with Crippen molar-refractivity contribution in [2.75, 3.05) is 19.1 Å². The third-order valence-electron chi connectivity index (χ3n) is 6.14.